The van der Waals surface area contributed by atoms with Gasteiger partial charge in [-0.05, 0) is 73.4 Å². The van der Waals surface area contributed by atoms with Crippen LogP contribution >= 0.6 is 0 Å². The molecule has 0 aliphatic carbocycles. The minimum atomic E-state index is -4.51. The number of nitrogens with zero attached hydrogens (tertiary/aromatic N) is 2. The maximum Gasteiger partial charge on any atom is 0.416 e. The molecule has 6 heteroatoms. The minimum Gasteiger partial charge on any atom is -0.336 e. The Hall–Kier alpha value is -3.12. The Morgan fingerprint density at radius 1 is 0.897 bits per heavy atom. The third kappa shape index (κ3) is 7.10. The Bertz CT molecular complexity index is 1220. The molecule has 0 spiro atoms. The summed E-state index contributed by atoms with van der Waals surface area (Å²) in [6, 6.07) is 23.3. The van der Waals surface area contributed by atoms with Gasteiger partial charge in [-0.3, -0.25) is 4.79 Å². The first-order valence-corrected chi connectivity index (χ1v) is 14.0. The highest BCUT2D eigenvalue weighted by Gasteiger charge is 2.34. The highest BCUT2D eigenvalue weighted by Crippen LogP contribution is 2.35. The second kappa shape index (κ2) is 12.4. The van der Waals surface area contributed by atoms with E-state index >= 15 is 0 Å². The predicted octanol–water partition coefficient (Wildman–Crippen LogP) is 8.06. The Labute approximate surface area is 230 Å². The van der Waals surface area contributed by atoms with Crippen molar-refractivity contribution in [3.05, 3.63) is 95.6 Å². The first-order valence-electron chi connectivity index (χ1n) is 14.0. The highest BCUT2D eigenvalue weighted by atomic mass is 19.4. The van der Waals surface area contributed by atoms with E-state index in [1.807, 2.05) is 43.3 Å². The largest absolute Gasteiger partial charge is 0.416 e. The number of hydrogen-bond donors (Lipinski definition) is 0. The zero-order valence-corrected chi connectivity index (χ0v) is 23.2. The van der Waals surface area contributed by atoms with Crippen LogP contribution in [0.1, 0.15) is 67.9 Å². The van der Waals surface area contributed by atoms with Gasteiger partial charge in [0.2, 0.25) is 0 Å². The van der Waals surface area contributed by atoms with Crippen molar-refractivity contribution in [3.63, 3.8) is 0 Å². The highest BCUT2D eigenvalue weighted by molar-refractivity contribution is 6.01. The minimum absolute atomic E-state index is 0.0117. The van der Waals surface area contributed by atoms with Crippen molar-refractivity contribution in [2.24, 2.45) is 0 Å². The SMILES string of the molecule is CCN(C(=O)c1cc(C(F)(F)F)ccc1-c1ccccc1)C1CCN(CCCC(C)(C)c2ccccc2)CC1. The summed E-state index contributed by atoms with van der Waals surface area (Å²) < 4.78 is 40.8. The van der Waals surface area contributed by atoms with E-state index in [-0.39, 0.29) is 22.9 Å². The lowest BCUT2D eigenvalue weighted by Crippen LogP contribution is -2.47. The van der Waals surface area contributed by atoms with Gasteiger partial charge >= 0.3 is 6.18 Å². The fraction of sp³-hybridized carbons (Fsp3) is 0.424. The lowest BCUT2D eigenvalue weighted by atomic mass is 9.80. The van der Waals surface area contributed by atoms with Gasteiger partial charge in [-0.25, -0.2) is 0 Å². The molecule has 3 aromatic rings. The van der Waals surface area contributed by atoms with Crippen molar-refractivity contribution in [3.8, 4) is 11.1 Å². The summed E-state index contributed by atoms with van der Waals surface area (Å²) in [4.78, 5) is 18.0. The summed E-state index contributed by atoms with van der Waals surface area (Å²) >= 11 is 0. The molecule has 1 aliphatic rings. The summed E-state index contributed by atoms with van der Waals surface area (Å²) in [7, 11) is 0. The molecule has 3 nitrogen and oxygen atoms in total. The van der Waals surface area contributed by atoms with Gasteiger partial charge < -0.3 is 9.80 Å². The van der Waals surface area contributed by atoms with Crippen LogP contribution in [0.2, 0.25) is 0 Å². The summed E-state index contributed by atoms with van der Waals surface area (Å²) in [5.74, 6) is -0.328. The van der Waals surface area contributed by atoms with Crippen molar-refractivity contribution >= 4 is 5.91 Å². The van der Waals surface area contributed by atoms with Crippen LogP contribution in [-0.2, 0) is 11.6 Å². The topological polar surface area (TPSA) is 23.6 Å². The Morgan fingerprint density at radius 2 is 1.51 bits per heavy atom. The van der Waals surface area contributed by atoms with Crippen molar-refractivity contribution in [1.82, 2.24) is 9.80 Å². The van der Waals surface area contributed by atoms with E-state index in [1.165, 1.54) is 11.6 Å². The standard InChI is InChI=1S/C33H39F3N2O/c1-4-38(28-18-22-37(23-19-28)21-11-20-32(2,3)26-14-9-6-10-15-26)31(39)30-24-27(33(34,35)36)16-17-29(30)25-12-7-5-8-13-25/h5-10,12-17,24,28H,4,11,18-23H2,1-3H3. The molecule has 4 rings (SSSR count). The van der Waals surface area contributed by atoms with Gasteiger partial charge in [0, 0.05) is 31.2 Å². The van der Waals surface area contributed by atoms with E-state index in [0.29, 0.717) is 12.1 Å². The molecule has 1 heterocycles. The van der Waals surface area contributed by atoms with Crippen LogP contribution in [0.3, 0.4) is 0 Å². The van der Waals surface area contributed by atoms with Crippen molar-refractivity contribution < 1.29 is 18.0 Å². The molecule has 3 aromatic carbocycles. The lowest BCUT2D eigenvalue weighted by molar-refractivity contribution is -0.137. The summed E-state index contributed by atoms with van der Waals surface area (Å²) in [6.07, 6.45) is -0.688. The molecule has 208 valence electrons. The Kier molecular flexibility index (Phi) is 9.16. The maximum absolute atomic E-state index is 13.8. The molecule has 0 radical (unpaired) electrons. The van der Waals surface area contributed by atoms with Gasteiger partial charge in [-0.1, -0.05) is 80.6 Å². The molecule has 0 unspecified atom stereocenters. The van der Waals surface area contributed by atoms with Crippen LogP contribution in [0, 0.1) is 0 Å². The maximum atomic E-state index is 13.8. The molecule has 0 bridgehead atoms. The van der Waals surface area contributed by atoms with Gasteiger partial charge in [0.15, 0.2) is 0 Å². The zero-order chi connectivity index (χ0) is 28.0. The monoisotopic (exact) mass is 536 g/mol. The average Bonchev–Trinajstić information content (AvgIpc) is 2.94. The molecular weight excluding hydrogens is 497 g/mol. The number of rotatable bonds is 9. The normalized spacial score (nSPS) is 15.3. The molecule has 1 aliphatic heterocycles. The predicted molar refractivity (Wildman–Crippen MR) is 152 cm³/mol. The quantitative estimate of drug-likeness (QED) is 0.276. The third-order valence-corrected chi connectivity index (χ3v) is 8.09. The molecule has 0 saturated carbocycles. The number of amides is 1. The Morgan fingerprint density at radius 3 is 2.10 bits per heavy atom. The first kappa shape index (κ1) is 28.9. The molecular formula is C33H39F3N2O. The third-order valence-electron chi connectivity index (χ3n) is 8.09. The van der Waals surface area contributed by atoms with E-state index in [0.717, 1.165) is 63.0 Å². The number of carbonyl (C=O) groups excluding carboxylic acids is 1. The van der Waals surface area contributed by atoms with Gasteiger partial charge in [0.25, 0.3) is 5.91 Å². The number of hydrogen-bond acceptors (Lipinski definition) is 2. The fourth-order valence-electron chi connectivity index (χ4n) is 5.72. The van der Waals surface area contributed by atoms with Gasteiger partial charge in [-0.2, -0.15) is 13.2 Å². The fourth-order valence-corrected chi connectivity index (χ4v) is 5.72. The van der Waals surface area contributed by atoms with Gasteiger partial charge in [-0.15, -0.1) is 0 Å². The molecule has 1 saturated heterocycles. The van der Waals surface area contributed by atoms with Crippen LogP contribution in [0.5, 0.6) is 0 Å². The van der Waals surface area contributed by atoms with Crippen LogP contribution in [0.4, 0.5) is 13.2 Å². The second-order valence-electron chi connectivity index (χ2n) is 11.1. The van der Waals surface area contributed by atoms with E-state index in [4.69, 9.17) is 0 Å². The number of alkyl halides is 3. The van der Waals surface area contributed by atoms with E-state index in [9.17, 15) is 18.0 Å². The van der Waals surface area contributed by atoms with Crippen LogP contribution in [0.15, 0.2) is 78.9 Å². The number of benzene rings is 3. The van der Waals surface area contributed by atoms with Crippen LogP contribution in [0.25, 0.3) is 11.1 Å². The lowest BCUT2D eigenvalue weighted by Gasteiger charge is -2.39. The van der Waals surface area contributed by atoms with Crippen molar-refractivity contribution in [2.75, 3.05) is 26.2 Å². The van der Waals surface area contributed by atoms with Gasteiger partial charge in [0.1, 0.15) is 0 Å². The summed E-state index contributed by atoms with van der Waals surface area (Å²) in [5.41, 5.74) is 2.06. The van der Waals surface area contributed by atoms with Crippen LogP contribution < -0.4 is 0 Å². The first-order chi connectivity index (χ1) is 18.6. The van der Waals surface area contributed by atoms with E-state index in [2.05, 4.69) is 43.0 Å². The number of likely N-dealkylation sites (tertiary alicyclic amines) is 1. The number of carbonyl (C=O) groups is 1. The van der Waals surface area contributed by atoms with E-state index < -0.39 is 11.7 Å². The average molecular weight is 537 g/mol. The second-order valence-corrected chi connectivity index (χ2v) is 11.1. The van der Waals surface area contributed by atoms with Crippen molar-refractivity contribution in [2.45, 2.75) is 64.1 Å². The number of piperidine rings is 1. The molecule has 0 atom stereocenters. The van der Waals surface area contributed by atoms with E-state index in [1.54, 1.807) is 4.90 Å². The molecule has 1 fully saturated rings. The number of halogens is 3. The molecule has 1 amide bonds. The van der Waals surface area contributed by atoms with Gasteiger partial charge in [0.05, 0.1) is 5.56 Å². The Balaban J connectivity index is 1.42. The molecule has 0 N–H and O–H groups in total. The molecule has 0 aromatic heterocycles. The smallest absolute Gasteiger partial charge is 0.336 e. The molecule has 39 heavy (non-hydrogen) atoms. The summed E-state index contributed by atoms with van der Waals surface area (Å²) in [6.45, 7) is 9.72. The zero-order valence-electron chi connectivity index (χ0n) is 23.2. The summed E-state index contributed by atoms with van der Waals surface area (Å²) in [5, 5.41) is 0. The van der Waals surface area contributed by atoms with Crippen molar-refractivity contribution in [1.29, 1.82) is 0 Å². The van der Waals surface area contributed by atoms with Crippen LogP contribution in [-0.4, -0.2) is 47.9 Å².